The largest absolute Gasteiger partial charge is 0.481 e. The normalized spacial score (nSPS) is 18.3. The minimum atomic E-state index is -1.02. The minimum Gasteiger partial charge on any atom is -0.481 e. The second-order valence-corrected chi connectivity index (χ2v) is 6.07. The second-order valence-electron chi connectivity index (χ2n) is 6.07. The molecule has 6 heteroatoms. The smallest absolute Gasteiger partial charge is 0.305 e. The van der Waals surface area contributed by atoms with Crippen LogP contribution in [0.5, 0.6) is 0 Å². The molecule has 1 heterocycles. The number of carbonyl (C=O) groups excluding carboxylic acids is 2. The highest BCUT2D eigenvalue weighted by atomic mass is 16.4. The number of aliphatic carboxylic acids is 1. The van der Waals surface area contributed by atoms with Crippen LogP contribution in [0.15, 0.2) is 30.3 Å². The molecule has 1 aliphatic heterocycles. The molecule has 0 bridgehead atoms. The minimum absolute atomic E-state index is 0.272. The number of amides is 1. The van der Waals surface area contributed by atoms with E-state index >= 15 is 0 Å². The zero-order chi connectivity index (χ0) is 17.4. The van der Waals surface area contributed by atoms with E-state index < -0.39 is 18.1 Å². The molecule has 0 radical (unpaired) electrons. The number of likely N-dealkylation sites (tertiary alicyclic amines) is 1. The quantitative estimate of drug-likeness (QED) is 0.525. The number of carbonyl (C=O) groups is 3. The highest BCUT2D eigenvalue weighted by Gasteiger charge is 2.33. The van der Waals surface area contributed by atoms with Crippen LogP contribution in [-0.4, -0.2) is 53.3 Å². The zero-order valence-corrected chi connectivity index (χ0v) is 13.7. The van der Waals surface area contributed by atoms with Gasteiger partial charge in [0.05, 0.1) is 18.5 Å². The monoisotopic (exact) mass is 332 g/mol. The lowest BCUT2D eigenvalue weighted by Crippen LogP contribution is -2.49. The average molecular weight is 332 g/mol. The van der Waals surface area contributed by atoms with E-state index in [1.165, 1.54) is 10.5 Å². The number of rotatable bonds is 9. The van der Waals surface area contributed by atoms with Crippen LogP contribution >= 0.6 is 0 Å². The summed E-state index contributed by atoms with van der Waals surface area (Å²) < 4.78 is 0. The van der Waals surface area contributed by atoms with Crippen molar-refractivity contribution in [1.82, 2.24) is 10.2 Å². The lowest BCUT2D eigenvalue weighted by molar-refractivity contribution is -0.143. The van der Waals surface area contributed by atoms with E-state index in [1.807, 2.05) is 30.3 Å². The van der Waals surface area contributed by atoms with E-state index in [4.69, 9.17) is 5.11 Å². The SMILES string of the molecule is O=C[C@@H]1CCCN1C(=O)[C@H](CC(=O)O)NCCCc1ccccc1. The number of carboxylic acid groups (broad SMARTS) is 1. The van der Waals surface area contributed by atoms with Crippen LogP contribution < -0.4 is 5.32 Å². The Hall–Kier alpha value is -2.21. The van der Waals surface area contributed by atoms with Crippen LogP contribution in [0.2, 0.25) is 0 Å². The summed E-state index contributed by atoms with van der Waals surface area (Å²) in [6.07, 6.45) is 3.61. The number of hydrogen-bond acceptors (Lipinski definition) is 4. The van der Waals surface area contributed by atoms with Crippen molar-refractivity contribution in [2.75, 3.05) is 13.1 Å². The Labute approximate surface area is 141 Å². The van der Waals surface area contributed by atoms with E-state index in [9.17, 15) is 14.4 Å². The molecule has 0 unspecified atom stereocenters. The number of aldehydes is 1. The Balaban J connectivity index is 1.86. The van der Waals surface area contributed by atoms with Gasteiger partial charge in [0.15, 0.2) is 0 Å². The summed E-state index contributed by atoms with van der Waals surface area (Å²) in [5.41, 5.74) is 1.21. The molecule has 2 N–H and O–H groups in total. The predicted molar refractivity (Wildman–Crippen MR) is 89.6 cm³/mol. The van der Waals surface area contributed by atoms with Gasteiger partial charge in [-0.2, -0.15) is 0 Å². The molecule has 1 aliphatic rings. The number of carboxylic acids is 1. The molecule has 2 rings (SSSR count). The molecule has 1 aromatic carbocycles. The Bertz CT molecular complexity index is 561. The second kappa shape index (κ2) is 9.17. The predicted octanol–water partition coefficient (Wildman–Crippen LogP) is 1.24. The van der Waals surface area contributed by atoms with E-state index in [1.54, 1.807) is 0 Å². The summed E-state index contributed by atoms with van der Waals surface area (Å²) in [6.45, 7) is 1.07. The molecule has 1 fully saturated rings. The van der Waals surface area contributed by atoms with E-state index in [-0.39, 0.29) is 12.3 Å². The Morgan fingerprint density at radius 2 is 2.08 bits per heavy atom. The first-order valence-electron chi connectivity index (χ1n) is 8.36. The third-order valence-electron chi connectivity index (χ3n) is 4.29. The van der Waals surface area contributed by atoms with Crippen molar-refractivity contribution in [3.05, 3.63) is 35.9 Å². The van der Waals surface area contributed by atoms with Crippen LogP contribution in [-0.2, 0) is 20.8 Å². The molecular formula is C18H24N2O4. The third kappa shape index (κ3) is 5.16. The van der Waals surface area contributed by atoms with Gasteiger partial charge in [0.2, 0.25) is 5.91 Å². The summed E-state index contributed by atoms with van der Waals surface area (Å²) in [5, 5.41) is 12.1. The van der Waals surface area contributed by atoms with Crippen molar-refractivity contribution in [3.63, 3.8) is 0 Å². The van der Waals surface area contributed by atoms with Gasteiger partial charge in [-0.15, -0.1) is 0 Å². The number of aryl methyl sites for hydroxylation is 1. The van der Waals surface area contributed by atoms with Crippen molar-refractivity contribution < 1.29 is 19.5 Å². The summed E-state index contributed by atoms with van der Waals surface area (Å²) in [4.78, 5) is 36.2. The highest BCUT2D eigenvalue weighted by Crippen LogP contribution is 2.17. The topological polar surface area (TPSA) is 86.7 Å². The Morgan fingerprint density at radius 1 is 1.33 bits per heavy atom. The maximum absolute atomic E-state index is 12.6. The molecule has 0 aliphatic carbocycles. The third-order valence-corrected chi connectivity index (χ3v) is 4.29. The number of benzene rings is 1. The molecule has 1 saturated heterocycles. The summed E-state index contributed by atoms with van der Waals surface area (Å²) in [5.74, 6) is -1.31. The van der Waals surface area contributed by atoms with Crippen LogP contribution in [0, 0.1) is 0 Å². The maximum atomic E-state index is 12.6. The lowest BCUT2D eigenvalue weighted by Gasteiger charge is -2.26. The van der Waals surface area contributed by atoms with Gasteiger partial charge in [-0.1, -0.05) is 30.3 Å². The molecule has 0 aromatic heterocycles. The van der Waals surface area contributed by atoms with Crippen LogP contribution in [0.1, 0.15) is 31.2 Å². The number of nitrogens with zero attached hydrogens (tertiary/aromatic N) is 1. The maximum Gasteiger partial charge on any atom is 0.305 e. The highest BCUT2D eigenvalue weighted by molar-refractivity contribution is 5.88. The Kier molecular flexibility index (Phi) is 6.93. The standard InChI is InChI=1S/C18H24N2O4/c21-13-15-9-5-11-20(15)18(24)16(12-17(22)23)19-10-4-8-14-6-2-1-3-7-14/h1-3,6-7,13,15-16,19H,4-5,8-12H2,(H,22,23)/t15-,16-/m0/s1. The van der Waals surface area contributed by atoms with Gasteiger partial charge in [0, 0.05) is 6.54 Å². The van der Waals surface area contributed by atoms with E-state index in [0.717, 1.165) is 25.5 Å². The summed E-state index contributed by atoms with van der Waals surface area (Å²) >= 11 is 0. The first-order chi connectivity index (χ1) is 11.6. The van der Waals surface area contributed by atoms with Gasteiger partial charge >= 0.3 is 5.97 Å². The molecule has 6 nitrogen and oxygen atoms in total. The van der Waals surface area contributed by atoms with Crippen molar-refractivity contribution in [2.45, 2.75) is 44.2 Å². The van der Waals surface area contributed by atoms with Gasteiger partial charge in [0.25, 0.3) is 0 Å². The summed E-state index contributed by atoms with van der Waals surface area (Å²) in [7, 11) is 0. The van der Waals surface area contributed by atoms with Crippen molar-refractivity contribution >= 4 is 18.2 Å². The molecular weight excluding hydrogens is 308 g/mol. The van der Waals surface area contributed by atoms with Gasteiger partial charge in [-0.25, -0.2) is 0 Å². The molecule has 130 valence electrons. The van der Waals surface area contributed by atoms with Crippen molar-refractivity contribution in [1.29, 1.82) is 0 Å². The van der Waals surface area contributed by atoms with Crippen LogP contribution in [0.4, 0.5) is 0 Å². The molecule has 0 spiro atoms. The molecule has 2 atom stereocenters. The number of nitrogens with one attached hydrogen (secondary N) is 1. The zero-order valence-electron chi connectivity index (χ0n) is 13.7. The van der Waals surface area contributed by atoms with E-state index in [0.29, 0.717) is 19.5 Å². The molecule has 0 saturated carbocycles. The fourth-order valence-electron chi connectivity index (χ4n) is 3.04. The van der Waals surface area contributed by atoms with Gasteiger partial charge in [-0.3, -0.25) is 9.59 Å². The van der Waals surface area contributed by atoms with Gasteiger partial charge in [0.1, 0.15) is 6.29 Å². The van der Waals surface area contributed by atoms with Gasteiger partial charge in [-0.05, 0) is 37.8 Å². The lowest BCUT2D eigenvalue weighted by atomic mass is 10.1. The van der Waals surface area contributed by atoms with Crippen LogP contribution in [0.3, 0.4) is 0 Å². The Morgan fingerprint density at radius 3 is 2.75 bits per heavy atom. The first kappa shape index (κ1) is 18.1. The average Bonchev–Trinajstić information content (AvgIpc) is 3.06. The number of hydrogen-bond donors (Lipinski definition) is 2. The van der Waals surface area contributed by atoms with Gasteiger partial charge < -0.3 is 20.1 Å². The van der Waals surface area contributed by atoms with E-state index in [2.05, 4.69) is 5.32 Å². The fraction of sp³-hybridized carbons (Fsp3) is 0.500. The molecule has 1 amide bonds. The first-order valence-corrected chi connectivity index (χ1v) is 8.36. The van der Waals surface area contributed by atoms with Crippen molar-refractivity contribution in [3.8, 4) is 0 Å². The fourth-order valence-corrected chi connectivity index (χ4v) is 3.04. The van der Waals surface area contributed by atoms with Crippen LogP contribution in [0.25, 0.3) is 0 Å². The molecule has 24 heavy (non-hydrogen) atoms. The summed E-state index contributed by atoms with van der Waals surface area (Å²) in [6, 6.07) is 8.80. The van der Waals surface area contributed by atoms with Crippen molar-refractivity contribution in [2.24, 2.45) is 0 Å². The molecule has 1 aromatic rings.